The summed E-state index contributed by atoms with van der Waals surface area (Å²) in [6, 6.07) is 12.7. The Labute approximate surface area is 238 Å². The number of ether oxygens (including phenoxy) is 2. The molecule has 3 aliphatic heterocycles. The molecule has 0 aliphatic carbocycles. The van der Waals surface area contributed by atoms with Crippen LogP contribution in [-0.4, -0.2) is 85.7 Å². The molecular weight excluding hydrogens is 530 g/mol. The number of nitrogens with zero attached hydrogens (tertiary/aromatic N) is 2. The van der Waals surface area contributed by atoms with Crippen LogP contribution < -0.4 is 20.7 Å². The SMILES string of the molecule is COc1ccc2c(c1)C(=O)N(C[C@@]1(C#Cc3ccc(NC(=S)NCCN4CCOCC4)cc3)CC(=O)NC1=O)C2. The Hall–Kier alpha value is -3.98. The van der Waals surface area contributed by atoms with E-state index in [1.807, 2.05) is 30.3 Å². The summed E-state index contributed by atoms with van der Waals surface area (Å²) < 4.78 is 10.6. The van der Waals surface area contributed by atoms with Crippen molar-refractivity contribution < 1.29 is 23.9 Å². The second-order valence-corrected chi connectivity index (χ2v) is 10.4. The van der Waals surface area contributed by atoms with Gasteiger partial charge in [-0.2, -0.15) is 0 Å². The minimum atomic E-state index is -1.33. The zero-order chi connectivity index (χ0) is 28.1. The van der Waals surface area contributed by atoms with E-state index in [2.05, 4.69) is 32.7 Å². The van der Waals surface area contributed by atoms with E-state index in [4.69, 9.17) is 21.7 Å². The predicted octanol–water partition coefficient (Wildman–Crippen LogP) is 1.35. The first kappa shape index (κ1) is 27.6. The molecule has 1 atom stereocenters. The monoisotopic (exact) mass is 561 g/mol. The van der Waals surface area contributed by atoms with Crippen LogP contribution in [0.4, 0.5) is 5.69 Å². The smallest absolute Gasteiger partial charge is 0.254 e. The Balaban J connectivity index is 1.22. The van der Waals surface area contributed by atoms with Crippen LogP contribution in [-0.2, 0) is 20.9 Å². The second kappa shape index (κ2) is 12.0. The van der Waals surface area contributed by atoms with Gasteiger partial charge in [0.25, 0.3) is 5.91 Å². The molecular formula is C29H31N5O5S. The minimum Gasteiger partial charge on any atom is -0.497 e. The molecule has 2 aromatic rings. The van der Waals surface area contributed by atoms with Crippen molar-refractivity contribution >= 4 is 40.7 Å². The van der Waals surface area contributed by atoms with Crippen molar-refractivity contribution in [2.24, 2.45) is 5.41 Å². The Morgan fingerprint density at radius 3 is 2.62 bits per heavy atom. The largest absolute Gasteiger partial charge is 0.497 e. The van der Waals surface area contributed by atoms with Crippen molar-refractivity contribution in [1.29, 1.82) is 0 Å². The van der Waals surface area contributed by atoms with Gasteiger partial charge in [0.05, 0.1) is 26.7 Å². The molecule has 3 amide bonds. The minimum absolute atomic E-state index is 0.0113. The summed E-state index contributed by atoms with van der Waals surface area (Å²) in [4.78, 5) is 42.1. The van der Waals surface area contributed by atoms with Gasteiger partial charge in [-0.1, -0.05) is 17.9 Å². The highest BCUT2D eigenvalue weighted by molar-refractivity contribution is 7.80. The van der Waals surface area contributed by atoms with Crippen LogP contribution in [0.3, 0.4) is 0 Å². The van der Waals surface area contributed by atoms with Gasteiger partial charge < -0.3 is 25.0 Å². The Kier molecular flexibility index (Phi) is 8.30. The van der Waals surface area contributed by atoms with Crippen LogP contribution in [0, 0.1) is 17.3 Å². The third-order valence-corrected chi connectivity index (χ3v) is 7.46. The van der Waals surface area contributed by atoms with Gasteiger partial charge in [0.1, 0.15) is 11.2 Å². The molecule has 5 rings (SSSR count). The number of hydrogen-bond donors (Lipinski definition) is 3. The molecule has 208 valence electrons. The molecule has 3 heterocycles. The third kappa shape index (κ3) is 6.25. The maximum atomic E-state index is 13.1. The molecule has 2 fully saturated rings. The number of imide groups is 1. The van der Waals surface area contributed by atoms with Crippen LogP contribution in [0.1, 0.15) is 27.9 Å². The molecule has 0 saturated carbocycles. The number of fused-ring (bicyclic) bond motifs is 1. The van der Waals surface area contributed by atoms with Crippen LogP contribution in [0.5, 0.6) is 5.75 Å². The molecule has 0 aromatic heterocycles. The van der Waals surface area contributed by atoms with E-state index in [1.165, 1.54) is 0 Å². The van der Waals surface area contributed by atoms with E-state index in [1.54, 1.807) is 24.1 Å². The number of carbonyl (C=O) groups is 3. The van der Waals surface area contributed by atoms with Gasteiger partial charge in [-0.05, 0) is 54.2 Å². The first-order valence-electron chi connectivity index (χ1n) is 13.1. The lowest BCUT2D eigenvalue weighted by Gasteiger charge is -2.26. The van der Waals surface area contributed by atoms with Gasteiger partial charge in [0, 0.05) is 56.1 Å². The van der Waals surface area contributed by atoms with Crippen molar-refractivity contribution in [1.82, 2.24) is 20.4 Å². The number of methoxy groups -OCH3 is 1. The van der Waals surface area contributed by atoms with Gasteiger partial charge in [0.2, 0.25) is 11.8 Å². The summed E-state index contributed by atoms with van der Waals surface area (Å²) in [5.41, 5.74) is 1.51. The topological polar surface area (TPSA) is 112 Å². The van der Waals surface area contributed by atoms with Gasteiger partial charge >= 0.3 is 0 Å². The molecule has 11 heteroatoms. The first-order valence-corrected chi connectivity index (χ1v) is 13.5. The molecule has 40 heavy (non-hydrogen) atoms. The number of thiocarbonyl (C=S) groups is 1. The fraction of sp³-hybridized carbons (Fsp3) is 0.379. The van der Waals surface area contributed by atoms with Crippen molar-refractivity contribution in [3.05, 3.63) is 59.2 Å². The quantitative estimate of drug-likeness (QED) is 0.262. The Morgan fingerprint density at radius 1 is 1.15 bits per heavy atom. The number of amides is 3. The molecule has 3 N–H and O–H groups in total. The molecule has 0 spiro atoms. The number of morpholine rings is 1. The number of carbonyl (C=O) groups excluding carboxylic acids is 3. The standard InChI is InChI=1S/C29H31N5O5S/c1-38-23-7-4-21-18-34(26(36)24(21)16-23)19-29(17-25(35)32-27(29)37)9-8-20-2-5-22(6-3-20)31-28(40)30-10-11-33-12-14-39-15-13-33/h2-7,16H,10-15,17-19H2,1H3,(H2,30,31,40)(H,32,35,37)/t29-/m1/s1. The van der Waals surface area contributed by atoms with Crippen molar-refractivity contribution in [3.63, 3.8) is 0 Å². The van der Waals surface area contributed by atoms with Crippen LogP contribution in [0.2, 0.25) is 0 Å². The summed E-state index contributed by atoms with van der Waals surface area (Å²) >= 11 is 5.41. The second-order valence-electron chi connectivity index (χ2n) is 9.98. The molecule has 10 nitrogen and oxygen atoms in total. The molecule has 0 unspecified atom stereocenters. The summed E-state index contributed by atoms with van der Waals surface area (Å²) in [5, 5.41) is 9.27. The van der Waals surface area contributed by atoms with Gasteiger partial charge in [-0.3, -0.25) is 24.6 Å². The maximum Gasteiger partial charge on any atom is 0.254 e. The lowest BCUT2D eigenvalue weighted by molar-refractivity contribution is -0.127. The number of nitrogens with one attached hydrogen (secondary N) is 3. The van der Waals surface area contributed by atoms with Crippen molar-refractivity contribution in [3.8, 4) is 17.6 Å². The fourth-order valence-corrected chi connectivity index (χ4v) is 5.21. The van der Waals surface area contributed by atoms with Crippen LogP contribution in [0.15, 0.2) is 42.5 Å². The zero-order valence-corrected chi connectivity index (χ0v) is 23.1. The average Bonchev–Trinajstić information content (AvgIpc) is 3.42. The number of rotatable bonds is 7. The summed E-state index contributed by atoms with van der Waals surface area (Å²) in [6.45, 7) is 5.36. The van der Waals surface area contributed by atoms with E-state index in [9.17, 15) is 14.4 Å². The number of hydrogen-bond acceptors (Lipinski definition) is 7. The van der Waals surface area contributed by atoms with E-state index in [0.717, 1.165) is 50.6 Å². The zero-order valence-electron chi connectivity index (χ0n) is 22.2. The third-order valence-electron chi connectivity index (χ3n) is 7.21. The summed E-state index contributed by atoms with van der Waals surface area (Å²) in [6.07, 6.45) is -0.105. The van der Waals surface area contributed by atoms with Gasteiger partial charge in [-0.25, -0.2) is 0 Å². The Morgan fingerprint density at radius 2 is 1.93 bits per heavy atom. The highest BCUT2D eigenvalue weighted by Crippen LogP contribution is 2.33. The highest BCUT2D eigenvalue weighted by atomic mass is 32.1. The number of benzene rings is 2. The summed E-state index contributed by atoms with van der Waals surface area (Å²) in [5.74, 6) is 5.56. The molecule has 0 bridgehead atoms. The maximum absolute atomic E-state index is 13.1. The normalized spacial score (nSPS) is 20.4. The highest BCUT2D eigenvalue weighted by Gasteiger charge is 2.48. The van der Waals surface area contributed by atoms with Gasteiger partial charge in [-0.15, -0.1) is 0 Å². The fourth-order valence-electron chi connectivity index (χ4n) is 4.99. The van der Waals surface area contributed by atoms with E-state index in [-0.39, 0.29) is 18.9 Å². The predicted molar refractivity (Wildman–Crippen MR) is 153 cm³/mol. The summed E-state index contributed by atoms with van der Waals surface area (Å²) in [7, 11) is 1.54. The van der Waals surface area contributed by atoms with Crippen LogP contribution >= 0.6 is 12.2 Å². The van der Waals surface area contributed by atoms with Crippen LogP contribution in [0.25, 0.3) is 0 Å². The van der Waals surface area contributed by atoms with Crippen molar-refractivity contribution in [2.75, 3.05) is 58.4 Å². The molecule has 0 radical (unpaired) electrons. The number of anilines is 1. The lowest BCUT2D eigenvalue weighted by atomic mass is 9.85. The molecule has 2 saturated heterocycles. The lowest BCUT2D eigenvalue weighted by Crippen LogP contribution is -2.42. The first-order chi connectivity index (χ1) is 19.3. The van der Waals surface area contributed by atoms with E-state index >= 15 is 0 Å². The molecule has 2 aromatic carbocycles. The molecule has 3 aliphatic rings. The average molecular weight is 562 g/mol. The van der Waals surface area contributed by atoms with Crippen molar-refractivity contribution in [2.45, 2.75) is 13.0 Å². The van der Waals surface area contributed by atoms with Gasteiger partial charge in [0.15, 0.2) is 5.11 Å². The van der Waals surface area contributed by atoms with E-state index < -0.39 is 17.2 Å². The Bertz CT molecular complexity index is 1380. The van der Waals surface area contributed by atoms with E-state index in [0.29, 0.717) is 28.5 Å².